The maximum Gasteiger partial charge on any atom is 0.358 e. The van der Waals surface area contributed by atoms with Crippen LogP contribution in [0.5, 0.6) is 0 Å². The summed E-state index contributed by atoms with van der Waals surface area (Å²) in [7, 11) is 1.54. The zero-order valence-corrected chi connectivity index (χ0v) is 16.3. The van der Waals surface area contributed by atoms with Crippen molar-refractivity contribution in [2.45, 2.75) is 19.1 Å². The maximum absolute atomic E-state index is 12.7. The Labute approximate surface area is 169 Å². The Morgan fingerprint density at radius 2 is 2.10 bits per heavy atom. The van der Waals surface area contributed by atoms with Crippen LogP contribution in [-0.4, -0.2) is 41.3 Å². The summed E-state index contributed by atoms with van der Waals surface area (Å²) < 4.78 is 21.0. The summed E-state index contributed by atoms with van der Waals surface area (Å²) in [4.78, 5) is 29.0. The Kier molecular flexibility index (Phi) is 5.54. The van der Waals surface area contributed by atoms with Gasteiger partial charge in [0.15, 0.2) is 12.3 Å². The van der Waals surface area contributed by atoms with E-state index in [1.165, 1.54) is 28.9 Å². The monoisotopic (exact) mass is 415 g/mol. The Morgan fingerprint density at radius 1 is 1.28 bits per heavy atom. The lowest BCUT2D eigenvalue weighted by Crippen LogP contribution is -2.31. The van der Waals surface area contributed by atoms with E-state index < -0.39 is 24.5 Å². The van der Waals surface area contributed by atoms with Crippen LogP contribution in [-0.2, 0) is 20.9 Å². The summed E-state index contributed by atoms with van der Waals surface area (Å²) in [5.41, 5.74) is 0.749. The van der Waals surface area contributed by atoms with Gasteiger partial charge in [0.25, 0.3) is 5.91 Å². The first-order valence-corrected chi connectivity index (χ1v) is 9.61. The molecule has 1 amide bonds. The number of hydrogen-bond donors (Lipinski definition) is 0. The SMILES string of the molecule is COCc1nc(C(=O)OCC(=O)N2N=C(c3ccco3)CC2c2ccco2)cs1. The molecule has 1 atom stereocenters. The van der Waals surface area contributed by atoms with Crippen LogP contribution in [0, 0.1) is 0 Å². The molecule has 0 aliphatic carbocycles. The Balaban J connectivity index is 1.45. The average molecular weight is 415 g/mol. The number of furan rings is 2. The third-order valence-electron chi connectivity index (χ3n) is 4.20. The summed E-state index contributed by atoms with van der Waals surface area (Å²) >= 11 is 1.28. The van der Waals surface area contributed by atoms with Crippen molar-refractivity contribution in [1.29, 1.82) is 0 Å². The number of hydrazone groups is 1. The molecule has 0 aromatic carbocycles. The molecule has 0 saturated carbocycles. The minimum Gasteiger partial charge on any atom is -0.467 e. The van der Waals surface area contributed by atoms with Crippen molar-refractivity contribution in [3.63, 3.8) is 0 Å². The van der Waals surface area contributed by atoms with E-state index in [1.54, 1.807) is 36.8 Å². The van der Waals surface area contributed by atoms with Crippen LogP contribution in [0.2, 0.25) is 0 Å². The molecule has 1 unspecified atom stereocenters. The molecule has 150 valence electrons. The van der Waals surface area contributed by atoms with Crippen LogP contribution in [0.4, 0.5) is 0 Å². The first kappa shape index (κ1) is 19.1. The number of nitrogens with zero attached hydrogens (tertiary/aromatic N) is 3. The van der Waals surface area contributed by atoms with E-state index in [0.717, 1.165) is 0 Å². The average Bonchev–Trinajstić information content (AvgIpc) is 3.51. The highest BCUT2D eigenvalue weighted by molar-refractivity contribution is 7.09. The van der Waals surface area contributed by atoms with Gasteiger partial charge >= 0.3 is 5.97 Å². The molecule has 10 heteroatoms. The number of esters is 1. The Hall–Kier alpha value is -3.24. The quantitative estimate of drug-likeness (QED) is 0.546. The van der Waals surface area contributed by atoms with Crippen molar-refractivity contribution in [3.05, 3.63) is 64.4 Å². The Morgan fingerprint density at radius 3 is 2.83 bits per heavy atom. The molecule has 0 spiro atoms. The number of ether oxygens (including phenoxy) is 2. The second-order valence-corrected chi connectivity index (χ2v) is 7.08. The molecular weight excluding hydrogens is 398 g/mol. The van der Waals surface area contributed by atoms with E-state index in [2.05, 4.69) is 10.1 Å². The van der Waals surface area contributed by atoms with Gasteiger partial charge in [-0.1, -0.05) is 0 Å². The first-order valence-electron chi connectivity index (χ1n) is 8.73. The minimum atomic E-state index is -0.680. The van der Waals surface area contributed by atoms with E-state index in [9.17, 15) is 9.59 Å². The number of rotatable bonds is 7. The number of aromatic nitrogens is 1. The van der Waals surface area contributed by atoms with Gasteiger partial charge in [-0.3, -0.25) is 4.79 Å². The smallest absolute Gasteiger partial charge is 0.358 e. The number of carbonyl (C=O) groups excluding carboxylic acids is 2. The van der Waals surface area contributed by atoms with Gasteiger partial charge in [0, 0.05) is 18.9 Å². The summed E-state index contributed by atoms with van der Waals surface area (Å²) in [6, 6.07) is 6.58. The molecule has 1 aliphatic heterocycles. The van der Waals surface area contributed by atoms with Crippen LogP contribution < -0.4 is 0 Å². The molecule has 4 heterocycles. The second kappa shape index (κ2) is 8.41. The maximum atomic E-state index is 12.7. The number of methoxy groups -OCH3 is 1. The molecule has 0 bridgehead atoms. The molecule has 3 aromatic heterocycles. The van der Waals surface area contributed by atoms with Crippen LogP contribution in [0.3, 0.4) is 0 Å². The highest BCUT2D eigenvalue weighted by Gasteiger charge is 2.36. The minimum absolute atomic E-state index is 0.138. The van der Waals surface area contributed by atoms with Crippen molar-refractivity contribution in [3.8, 4) is 0 Å². The van der Waals surface area contributed by atoms with Gasteiger partial charge in [0.2, 0.25) is 0 Å². The third kappa shape index (κ3) is 4.13. The predicted molar refractivity (Wildman–Crippen MR) is 101 cm³/mol. The van der Waals surface area contributed by atoms with E-state index in [0.29, 0.717) is 35.3 Å². The molecule has 3 aromatic rings. The van der Waals surface area contributed by atoms with Gasteiger partial charge in [-0.25, -0.2) is 14.8 Å². The predicted octanol–water partition coefficient (Wildman–Crippen LogP) is 3.01. The second-order valence-electron chi connectivity index (χ2n) is 6.13. The number of amides is 1. The zero-order valence-electron chi connectivity index (χ0n) is 15.4. The van der Waals surface area contributed by atoms with Crippen LogP contribution in [0.15, 0.2) is 56.1 Å². The topological polar surface area (TPSA) is 107 Å². The highest BCUT2D eigenvalue weighted by Crippen LogP contribution is 2.33. The van der Waals surface area contributed by atoms with E-state index in [1.807, 2.05) is 0 Å². The summed E-state index contributed by atoms with van der Waals surface area (Å²) in [6.07, 6.45) is 3.49. The number of thiazole rings is 1. The van der Waals surface area contributed by atoms with Crippen molar-refractivity contribution < 1.29 is 27.9 Å². The van der Waals surface area contributed by atoms with Gasteiger partial charge < -0.3 is 18.3 Å². The van der Waals surface area contributed by atoms with Gasteiger partial charge in [0.05, 0.1) is 19.1 Å². The van der Waals surface area contributed by atoms with E-state index >= 15 is 0 Å². The molecule has 0 fully saturated rings. The molecule has 0 N–H and O–H groups in total. The van der Waals surface area contributed by atoms with Crippen molar-refractivity contribution in [1.82, 2.24) is 9.99 Å². The lowest BCUT2D eigenvalue weighted by Gasteiger charge is -2.19. The van der Waals surface area contributed by atoms with Crippen molar-refractivity contribution in [2.75, 3.05) is 13.7 Å². The Bertz CT molecular complexity index is 1010. The normalized spacial score (nSPS) is 16.1. The summed E-state index contributed by atoms with van der Waals surface area (Å²) in [5.74, 6) is -0.00438. The molecule has 1 aliphatic rings. The summed E-state index contributed by atoms with van der Waals surface area (Å²) in [5, 5.41) is 7.85. The number of carbonyl (C=O) groups is 2. The standard InChI is InChI=1S/C19H17N3O6S/c1-25-9-17-20-13(11-29-17)19(24)28-10-18(23)22-14(16-5-3-7-27-16)8-12(21-22)15-4-2-6-26-15/h2-7,11,14H,8-10H2,1H3. The highest BCUT2D eigenvalue weighted by atomic mass is 32.1. The van der Waals surface area contributed by atoms with Crippen LogP contribution in [0.25, 0.3) is 0 Å². The zero-order chi connectivity index (χ0) is 20.2. The van der Waals surface area contributed by atoms with Crippen LogP contribution in [0.1, 0.15) is 39.5 Å². The molecule has 9 nitrogen and oxygen atoms in total. The molecule has 0 saturated heterocycles. The fraction of sp³-hybridized carbons (Fsp3) is 0.263. The molecule has 0 radical (unpaired) electrons. The van der Waals surface area contributed by atoms with Gasteiger partial charge in [-0.05, 0) is 24.3 Å². The molecule has 4 rings (SSSR count). The lowest BCUT2D eigenvalue weighted by molar-refractivity contribution is -0.136. The largest absolute Gasteiger partial charge is 0.467 e. The van der Waals surface area contributed by atoms with Gasteiger partial charge in [-0.2, -0.15) is 5.10 Å². The molecule has 29 heavy (non-hydrogen) atoms. The van der Waals surface area contributed by atoms with Crippen molar-refractivity contribution in [2.24, 2.45) is 5.10 Å². The van der Waals surface area contributed by atoms with Crippen LogP contribution >= 0.6 is 11.3 Å². The first-order chi connectivity index (χ1) is 14.2. The fourth-order valence-corrected chi connectivity index (χ4v) is 3.63. The van der Waals surface area contributed by atoms with Crippen molar-refractivity contribution >= 4 is 28.9 Å². The van der Waals surface area contributed by atoms with E-state index in [4.69, 9.17) is 18.3 Å². The van der Waals surface area contributed by atoms with Gasteiger partial charge in [-0.15, -0.1) is 11.3 Å². The van der Waals surface area contributed by atoms with Gasteiger partial charge in [0.1, 0.15) is 28.3 Å². The fourth-order valence-electron chi connectivity index (χ4n) is 2.90. The lowest BCUT2D eigenvalue weighted by atomic mass is 10.1. The summed E-state index contributed by atoms with van der Waals surface area (Å²) in [6.45, 7) is -0.165. The number of hydrogen-bond acceptors (Lipinski definition) is 9. The third-order valence-corrected chi connectivity index (χ3v) is 5.02. The molecular formula is C19H17N3O6S. The van der Waals surface area contributed by atoms with E-state index in [-0.39, 0.29) is 5.69 Å².